The molecule has 0 atom stereocenters. The predicted octanol–water partition coefficient (Wildman–Crippen LogP) is 2.59. The van der Waals surface area contributed by atoms with E-state index < -0.39 is 29.1 Å². The quantitative estimate of drug-likeness (QED) is 0.242. The topological polar surface area (TPSA) is 148 Å². The molecule has 0 saturated heterocycles. The van der Waals surface area contributed by atoms with Gasteiger partial charge >= 0.3 is 5.97 Å². The monoisotopic (exact) mass is 386 g/mol. The summed E-state index contributed by atoms with van der Waals surface area (Å²) in [5, 5.41) is 22.1. The van der Waals surface area contributed by atoms with Crippen molar-refractivity contribution in [1.29, 1.82) is 5.26 Å². The lowest BCUT2D eigenvalue weighted by Crippen LogP contribution is -2.21. The number of nitrogens with one attached hydrogen (secondary N) is 1. The minimum absolute atomic E-state index is 0.0826. The lowest BCUT2D eigenvalue weighted by molar-refractivity contribution is -0.383. The second-order valence-electron chi connectivity index (χ2n) is 5.10. The number of amides is 1. The Kier molecular flexibility index (Phi) is 6.73. The van der Waals surface area contributed by atoms with E-state index in [9.17, 15) is 19.7 Å². The first-order valence-corrected chi connectivity index (χ1v) is 8.50. The van der Waals surface area contributed by atoms with Gasteiger partial charge in [0.2, 0.25) is 0 Å². The lowest BCUT2D eigenvalue weighted by atomic mass is 10.2. The molecule has 0 saturated carbocycles. The third kappa shape index (κ3) is 5.45. The largest absolute Gasteiger partial charge is 0.452 e. The molecule has 2 aromatic carbocycles. The molecular weight excluding hydrogens is 372 g/mol. The number of anilines is 2. The number of nitrogen functional groups attached to an aromatic ring is 1. The molecule has 10 heteroatoms. The molecule has 2 aromatic rings. The van der Waals surface area contributed by atoms with Crippen molar-refractivity contribution in [2.45, 2.75) is 4.90 Å². The average molecular weight is 386 g/mol. The highest BCUT2D eigenvalue weighted by molar-refractivity contribution is 7.99. The van der Waals surface area contributed by atoms with Crippen LogP contribution in [0.5, 0.6) is 0 Å². The molecule has 3 N–H and O–H groups in total. The molecule has 0 heterocycles. The summed E-state index contributed by atoms with van der Waals surface area (Å²) in [4.78, 5) is 34.9. The summed E-state index contributed by atoms with van der Waals surface area (Å²) < 4.78 is 4.88. The number of carbonyl (C=O) groups is 2. The molecule has 0 aliphatic carbocycles. The first-order chi connectivity index (χ1) is 12.9. The van der Waals surface area contributed by atoms with Gasteiger partial charge in [-0.2, -0.15) is 5.26 Å². The van der Waals surface area contributed by atoms with Crippen molar-refractivity contribution in [3.8, 4) is 6.07 Å². The van der Waals surface area contributed by atoms with Crippen LogP contribution in [-0.2, 0) is 9.53 Å². The Labute approximate surface area is 158 Å². The maximum atomic E-state index is 12.0. The van der Waals surface area contributed by atoms with Gasteiger partial charge in [-0.25, -0.2) is 4.79 Å². The molecule has 0 bridgehead atoms. The van der Waals surface area contributed by atoms with E-state index in [-0.39, 0.29) is 17.0 Å². The molecule has 0 unspecified atom stereocenters. The third-order valence-corrected chi connectivity index (χ3v) is 4.19. The highest BCUT2D eigenvalue weighted by atomic mass is 32.2. The summed E-state index contributed by atoms with van der Waals surface area (Å²) >= 11 is 1.26. The standard InChI is InChI=1S/C17H14N4O5S/c18-7-8-27-15-4-2-1-3-13(15)20-16(22)10-26-17(23)11-5-6-12(19)14(9-11)21(24)25/h1-6,9H,8,10,19H2,(H,20,22). The van der Waals surface area contributed by atoms with E-state index >= 15 is 0 Å². The Hall–Kier alpha value is -3.58. The summed E-state index contributed by atoms with van der Waals surface area (Å²) in [5.74, 6) is -1.25. The van der Waals surface area contributed by atoms with Crippen molar-refractivity contribution in [1.82, 2.24) is 0 Å². The smallest absolute Gasteiger partial charge is 0.338 e. The van der Waals surface area contributed by atoms with Crippen LogP contribution in [0.25, 0.3) is 0 Å². The van der Waals surface area contributed by atoms with E-state index in [1.165, 1.54) is 23.9 Å². The first kappa shape index (κ1) is 19.7. The fourth-order valence-corrected chi connectivity index (χ4v) is 2.70. The molecule has 9 nitrogen and oxygen atoms in total. The Balaban J connectivity index is 1.98. The van der Waals surface area contributed by atoms with E-state index in [1.807, 2.05) is 6.07 Å². The van der Waals surface area contributed by atoms with E-state index in [0.29, 0.717) is 10.6 Å². The van der Waals surface area contributed by atoms with E-state index in [4.69, 9.17) is 15.7 Å². The molecule has 0 aliphatic rings. The van der Waals surface area contributed by atoms with Gasteiger partial charge in [0.25, 0.3) is 11.6 Å². The molecule has 138 valence electrons. The van der Waals surface area contributed by atoms with Crippen LogP contribution < -0.4 is 11.1 Å². The van der Waals surface area contributed by atoms with E-state index in [2.05, 4.69) is 5.32 Å². The van der Waals surface area contributed by atoms with Crippen LogP contribution in [0.2, 0.25) is 0 Å². The van der Waals surface area contributed by atoms with Gasteiger partial charge in [-0.05, 0) is 24.3 Å². The zero-order chi connectivity index (χ0) is 19.8. The normalized spacial score (nSPS) is 9.89. The fraction of sp³-hybridized carbons (Fsp3) is 0.118. The van der Waals surface area contributed by atoms with Gasteiger partial charge in [0, 0.05) is 11.0 Å². The number of ether oxygens (including phenoxy) is 1. The van der Waals surface area contributed by atoms with Gasteiger partial charge in [-0.1, -0.05) is 12.1 Å². The minimum atomic E-state index is -0.889. The van der Waals surface area contributed by atoms with Crippen LogP contribution in [-0.4, -0.2) is 29.2 Å². The number of nitro groups is 1. The average Bonchev–Trinajstić information content (AvgIpc) is 2.65. The number of rotatable bonds is 7. The number of nitrogens with two attached hydrogens (primary N) is 1. The lowest BCUT2D eigenvalue weighted by Gasteiger charge is -2.10. The van der Waals surface area contributed by atoms with Gasteiger partial charge in [0.1, 0.15) is 5.69 Å². The highest BCUT2D eigenvalue weighted by Crippen LogP contribution is 2.26. The zero-order valence-corrected chi connectivity index (χ0v) is 14.7. The van der Waals surface area contributed by atoms with Crippen LogP contribution in [0, 0.1) is 21.4 Å². The summed E-state index contributed by atoms with van der Waals surface area (Å²) in [6, 6.07) is 12.4. The number of benzene rings is 2. The van der Waals surface area contributed by atoms with Crippen LogP contribution in [0.3, 0.4) is 0 Å². The van der Waals surface area contributed by atoms with Crippen LogP contribution in [0.4, 0.5) is 17.1 Å². The number of nitrogens with zero attached hydrogens (tertiary/aromatic N) is 2. The van der Waals surface area contributed by atoms with Crippen LogP contribution in [0.15, 0.2) is 47.4 Å². The number of thioether (sulfide) groups is 1. The Morgan fingerprint density at radius 2 is 2.04 bits per heavy atom. The number of nitro benzene ring substituents is 1. The van der Waals surface area contributed by atoms with Gasteiger partial charge in [0.15, 0.2) is 6.61 Å². The van der Waals surface area contributed by atoms with Crippen molar-refractivity contribution < 1.29 is 19.2 Å². The number of nitriles is 1. The van der Waals surface area contributed by atoms with Crippen LogP contribution >= 0.6 is 11.8 Å². The molecule has 0 fully saturated rings. The maximum absolute atomic E-state index is 12.0. The van der Waals surface area contributed by atoms with Gasteiger partial charge in [-0.15, -0.1) is 11.8 Å². The molecule has 0 aromatic heterocycles. The van der Waals surface area contributed by atoms with E-state index in [1.54, 1.807) is 24.3 Å². The molecule has 0 radical (unpaired) electrons. The number of carbonyl (C=O) groups excluding carboxylic acids is 2. The van der Waals surface area contributed by atoms with Gasteiger partial charge in [0.05, 0.1) is 28.0 Å². The second-order valence-corrected chi connectivity index (χ2v) is 6.12. The van der Waals surface area contributed by atoms with Gasteiger partial charge < -0.3 is 15.8 Å². The van der Waals surface area contributed by atoms with E-state index in [0.717, 1.165) is 6.07 Å². The van der Waals surface area contributed by atoms with Crippen LogP contribution in [0.1, 0.15) is 10.4 Å². The number of hydrogen-bond donors (Lipinski definition) is 2. The second kappa shape index (κ2) is 9.21. The van der Waals surface area contributed by atoms with Crippen molar-refractivity contribution in [2.75, 3.05) is 23.4 Å². The molecule has 0 aliphatic heterocycles. The number of hydrogen-bond acceptors (Lipinski definition) is 8. The minimum Gasteiger partial charge on any atom is -0.452 e. The number of esters is 1. The highest BCUT2D eigenvalue weighted by Gasteiger charge is 2.17. The summed E-state index contributed by atoms with van der Waals surface area (Å²) in [6.45, 7) is -0.575. The SMILES string of the molecule is N#CCSc1ccccc1NC(=O)COC(=O)c1ccc(N)c([N+](=O)[O-])c1. The third-order valence-electron chi connectivity index (χ3n) is 3.25. The first-order valence-electron chi connectivity index (χ1n) is 7.52. The summed E-state index contributed by atoms with van der Waals surface area (Å²) in [5.41, 5.74) is 5.36. The number of para-hydroxylation sites is 1. The molecular formula is C17H14N4O5S. The van der Waals surface area contributed by atoms with Crippen molar-refractivity contribution in [2.24, 2.45) is 0 Å². The maximum Gasteiger partial charge on any atom is 0.338 e. The van der Waals surface area contributed by atoms with Gasteiger partial charge in [-0.3, -0.25) is 14.9 Å². The predicted molar refractivity (Wildman–Crippen MR) is 99.2 cm³/mol. The van der Waals surface area contributed by atoms with Crippen molar-refractivity contribution >= 4 is 40.7 Å². The summed E-state index contributed by atoms with van der Waals surface area (Å²) in [7, 11) is 0. The molecule has 27 heavy (non-hydrogen) atoms. The Morgan fingerprint density at radius 1 is 1.30 bits per heavy atom. The Bertz CT molecular complexity index is 926. The molecule has 2 rings (SSSR count). The van der Waals surface area contributed by atoms with Crippen molar-refractivity contribution in [3.63, 3.8) is 0 Å². The fourth-order valence-electron chi connectivity index (χ4n) is 2.04. The van der Waals surface area contributed by atoms with Crippen molar-refractivity contribution in [3.05, 3.63) is 58.1 Å². The summed E-state index contributed by atoms with van der Waals surface area (Å²) in [6.07, 6.45) is 0. The molecule has 0 spiro atoms. The Morgan fingerprint density at radius 3 is 2.74 bits per heavy atom. The zero-order valence-electron chi connectivity index (χ0n) is 13.9. The molecule has 1 amide bonds.